The fraction of sp³-hybridized carbons (Fsp3) is 0.190. The molecule has 2 aromatic heterocycles. The predicted molar refractivity (Wildman–Crippen MR) is 114 cm³/mol. The topological polar surface area (TPSA) is 96.1 Å². The quantitative estimate of drug-likeness (QED) is 0.438. The van der Waals surface area contributed by atoms with Gasteiger partial charge in [0.05, 0.1) is 5.52 Å². The van der Waals surface area contributed by atoms with Gasteiger partial charge in [0.15, 0.2) is 0 Å². The summed E-state index contributed by atoms with van der Waals surface area (Å²) in [5, 5.41) is 23.1. The van der Waals surface area contributed by atoms with Crippen molar-refractivity contribution in [2.45, 2.75) is 26.8 Å². The Labute approximate surface area is 169 Å². The summed E-state index contributed by atoms with van der Waals surface area (Å²) in [5.74, 6) is 1.77. The molecule has 0 aliphatic heterocycles. The summed E-state index contributed by atoms with van der Waals surface area (Å²) in [7, 11) is -1.49. The molecule has 146 valence electrons. The molecule has 0 amide bonds. The third kappa shape index (κ3) is 3.99. The SMILES string of the molecule is CCc1nc(NCc2cccc(B(O)O)c2)nc(-n2c(C)cc3ccccc32)n1. The molecule has 0 bridgehead atoms. The lowest BCUT2D eigenvalue weighted by molar-refractivity contribution is 0.425. The number of nitrogens with one attached hydrogen (secondary N) is 1. The Bertz CT molecular complexity index is 1160. The summed E-state index contributed by atoms with van der Waals surface area (Å²) >= 11 is 0. The Hall–Kier alpha value is -3.23. The van der Waals surface area contributed by atoms with Gasteiger partial charge in [0.1, 0.15) is 5.82 Å². The molecule has 2 aromatic carbocycles. The van der Waals surface area contributed by atoms with Crippen molar-refractivity contribution < 1.29 is 10.0 Å². The third-order valence-corrected chi connectivity index (χ3v) is 4.78. The second kappa shape index (κ2) is 8.02. The van der Waals surface area contributed by atoms with Gasteiger partial charge >= 0.3 is 7.12 Å². The van der Waals surface area contributed by atoms with Crippen molar-refractivity contribution >= 4 is 29.4 Å². The standard InChI is InChI=1S/C21H22BN5O2/c1-3-19-24-20(23-13-15-7-6-9-17(12-15)22(28)29)26-21(25-19)27-14(2)11-16-8-4-5-10-18(16)27/h4-12,28-29H,3,13H2,1-2H3,(H,23,24,25,26). The number of aryl methyl sites for hydroxylation is 2. The largest absolute Gasteiger partial charge is 0.488 e. The van der Waals surface area contributed by atoms with Crippen LogP contribution in [-0.2, 0) is 13.0 Å². The van der Waals surface area contributed by atoms with E-state index >= 15 is 0 Å². The van der Waals surface area contributed by atoms with Crippen LogP contribution in [0.4, 0.5) is 5.95 Å². The van der Waals surface area contributed by atoms with E-state index in [0.717, 1.165) is 22.2 Å². The van der Waals surface area contributed by atoms with Gasteiger partial charge in [-0.3, -0.25) is 4.57 Å². The maximum Gasteiger partial charge on any atom is 0.488 e. The number of hydrogen-bond acceptors (Lipinski definition) is 6. The minimum Gasteiger partial charge on any atom is -0.423 e. The monoisotopic (exact) mass is 387 g/mol. The second-order valence-corrected chi connectivity index (χ2v) is 6.88. The molecule has 4 rings (SSSR count). The van der Waals surface area contributed by atoms with Crippen molar-refractivity contribution in [2.75, 3.05) is 5.32 Å². The van der Waals surface area contributed by atoms with Crippen LogP contribution in [0.5, 0.6) is 0 Å². The highest BCUT2D eigenvalue weighted by Crippen LogP contribution is 2.22. The lowest BCUT2D eigenvalue weighted by Gasteiger charge is -2.11. The molecule has 8 heteroatoms. The Morgan fingerprint density at radius 3 is 2.62 bits per heavy atom. The first-order valence-electron chi connectivity index (χ1n) is 9.56. The molecule has 4 aromatic rings. The Morgan fingerprint density at radius 2 is 1.83 bits per heavy atom. The fourth-order valence-corrected chi connectivity index (χ4v) is 3.35. The molecule has 0 spiro atoms. The fourth-order valence-electron chi connectivity index (χ4n) is 3.35. The van der Waals surface area contributed by atoms with Crippen molar-refractivity contribution in [3.8, 4) is 5.95 Å². The number of rotatable bonds is 6. The number of anilines is 1. The average molecular weight is 387 g/mol. The first-order chi connectivity index (χ1) is 14.0. The van der Waals surface area contributed by atoms with Gasteiger partial charge in [-0.25, -0.2) is 0 Å². The number of hydrogen-bond donors (Lipinski definition) is 3. The zero-order valence-corrected chi connectivity index (χ0v) is 16.4. The van der Waals surface area contributed by atoms with E-state index in [2.05, 4.69) is 38.5 Å². The highest BCUT2D eigenvalue weighted by atomic mass is 16.4. The van der Waals surface area contributed by atoms with E-state index in [4.69, 9.17) is 0 Å². The summed E-state index contributed by atoms with van der Waals surface area (Å²) in [4.78, 5) is 13.8. The van der Waals surface area contributed by atoms with E-state index in [1.54, 1.807) is 18.2 Å². The van der Waals surface area contributed by atoms with Gasteiger partial charge in [-0.2, -0.15) is 15.0 Å². The molecular formula is C21H22BN5O2. The molecule has 3 N–H and O–H groups in total. The van der Waals surface area contributed by atoms with Gasteiger partial charge < -0.3 is 15.4 Å². The first kappa shape index (κ1) is 19.1. The van der Waals surface area contributed by atoms with E-state index in [0.29, 0.717) is 36.1 Å². The van der Waals surface area contributed by atoms with Crippen molar-refractivity contribution in [1.82, 2.24) is 19.5 Å². The number of para-hydroxylation sites is 1. The Balaban J connectivity index is 1.67. The summed E-state index contributed by atoms with van der Waals surface area (Å²) < 4.78 is 2.03. The maximum atomic E-state index is 9.36. The molecule has 0 aliphatic carbocycles. The van der Waals surface area contributed by atoms with Gasteiger partial charge in [-0.05, 0) is 30.1 Å². The van der Waals surface area contributed by atoms with E-state index in [1.165, 1.54) is 0 Å². The molecule has 0 radical (unpaired) electrons. The highest BCUT2D eigenvalue weighted by molar-refractivity contribution is 6.58. The molecule has 7 nitrogen and oxygen atoms in total. The molecule has 0 atom stereocenters. The van der Waals surface area contributed by atoms with Crippen LogP contribution in [0.3, 0.4) is 0 Å². The third-order valence-electron chi connectivity index (χ3n) is 4.78. The van der Waals surface area contributed by atoms with E-state index in [1.807, 2.05) is 36.6 Å². The smallest absolute Gasteiger partial charge is 0.423 e. The molecule has 0 unspecified atom stereocenters. The minimum atomic E-state index is -1.49. The van der Waals surface area contributed by atoms with Crippen LogP contribution in [0.15, 0.2) is 54.6 Å². The molecule has 2 heterocycles. The van der Waals surface area contributed by atoms with Crippen LogP contribution < -0.4 is 10.8 Å². The normalized spacial score (nSPS) is 11.0. The van der Waals surface area contributed by atoms with Crippen molar-refractivity contribution in [3.63, 3.8) is 0 Å². The van der Waals surface area contributed by atoms with Crippen molar-refractivity contribution in [1.29, 1.82) is 0 Å². The lowest BCUT2D eigenvalue weighted by atomic mass is 9.80. The Kier molecular flexibility index (Phi) is 5.29. The van der Waals surface area contributed by atoms with E-state index in [9.17, 15) is 10.0 Å². The number of fused-ring (bicyclic) bond motifs is 1. The van der Waals surface area contributed by atoms with E-state index < -0.39 is 7.12 Å². The highest BCUT2D eigenvalue weighted by Gasteiger charge is 2.14. The first-order valence-corrected chi connectivity index (χ1v) is 9.56. The summed E-state index contributed by atoms with van der Waals surface area (Å²) in [6, 6.07) is 17.4. The molecule has 0 saturated carbocycles. The zero-order valence-electron chi connectivity index (χ0n) is 16.4. The number of aromatic nitrogens is 4. The van der Waals surface area contributed by atoms with Crippen LogP contribution in [-0.4, -0.2) is 36.7 Å². The van der Waals surface area contributed by atoms with Gasteiger partial charge in [-0.15, -0.1) is 0 Å². The summed E-state index contributed by atoms with van der Waals surface area (Å²) in [6.45, 7) is 4.50. The number of nitrogens with zero attached hydrogens (tertiary/aromatic N) is 4. The summed E-state index contributed by atoms with van der Waals surface area (Å²) in [5.41, 5.74) is 3.45. The molecule has 0 saturated heterocycles. The maximum absolute atomic E-state index is 9.36. The predicted octanol–water partition coefficient (Wildman–Crippen LogP) is 1.98. The van der Waals surface area contributed by atoms with Gasteiger partial charge in [-0.1, -0.05) is 49.4 Å². The second-order valence-electron chi connectivity index (χ2n) is 6.88. The zero-order chi connectivity index (χ0) is 20.4. The summed E-state index contributed by atoms with van der Waals surface area (Å²) in [6.07, 6.45) is 0.689. The van der Waals surface area contributed by atoms with Crippen LogP contribution in [0.2, 0.25) is 0 Å². The minimum absolute atomic E-state index is 0.448. The van der Waals surface area contributed by atoms with Crippen LogP contribution in [0.25, 0.3) is 16.9 Å². The van der Waals surface area contributed by atoms with Gasteiger partial charge in [0.25, 0.3) is 0 Å². The number of benzene rings is 2. The Morgan fingerprint density at radius 1 is 1.00 bits per heavy atom. The molecule has 0 aliphatic rings. The average Bonchev–Trinajstić information content (AvgIpc) is 3.07. The van der Waals surface area contributed by atoms with Gasteiger partial charge in [0, 0.05) is 24.0 Å². The van der Waals surface area contributed by atoms with Crippen LogP contribution >= 0.6 is 0 Å². The molecular weight excluding hydrogens is 365 g/mol. The molecule has 0 fully saturated rings. The van der Waals surface area contributed by atoms with Crippen LogP contribution in [0.1, 0.15) is 24.0 Å². The van der Waals surface area contributed by atoms with E-state index in [-0.39, 0.29) is 0 Å². The van der Waals surface area contributed by atoms with Crippen molar-refractivity contribution in [3.05, 3.63) is 71.7 Å². The van der Waals surface area contributed by atoms with Crippen LogP contribution in [0, 0.1) is 6.92 Å². The van der Waals surface area contributed by atoms with Gasteiger partial charge in [0.2, 0.25) is 11.9 Å². The molecule has 29 heavy (non-hydrogen) atoms. The van der Waals surface area contributed by atoms with Crippen molar-refractivity contribution in [2.24, 2.45) is 0 Å². The lowest BCUT2D eigenvalue weighted by Crippen LogP contribution is -2.30.